The fourth-order valence-electron chi connectivity index (χ4n) is 5.78. The van der Waals surface area contributed by atoms with E-state index >= 15 is 0 Å². The third-order valence-electron chi connectivity index (χ3n) is 7.40. The number of hydrogen-bond acceptors (Lipinski definition) is 4. The molecule has 1 aliphatic carbocycles. The Morgan fingerprint density at radius 3 is 2.65 bits per heavy atom. The Bertz CT molecular complexity index is 1550. The third kappa shape index (κ3) is 2.86. The number of carbonyl (C=O) groups is 1. The number of nitrogens with two attached hydrogens (primary N) is 1. The second kappa shape index (κ2) is 7.21. The molecular formula is C26H25ClN6O. The van der Waals surface area contributed by atoms with Crippen molar-refractivity contribution < 1.29 is 4.79 Å². The van der Waals surface area contributed by atoms with Crippen molar-refractivity contribution in [1.29, 1.82) is 5.41 Å². The molecule has 0 radical (unpaired) electrons. The zero-order chi connectivity index (χ0) is 23.8. The first-order chi connectivity index (χ1) is 16.3. The van der Waals surface area contributed by atoms with Crippen LogP contribution in [0.1, 0.15) is 24.4 Å². The number of aryl methyl sites for hydroxylation is 1. The summed E-state index contributed by atoms with van der Waals surface area (Å²) in [5.74, 6) is -0.00812. The largest absolute Gasteiger partial charge is 0.398 e. The number of likely N-dealkylation sites (tertiary alicyclic amines) is 1. The van der Waals surface area contributed by atoms with Crippen LogP contribution in [0, 0.1) is 17.7 Å². The lowest BCUT2D eigenvalue weighted by Gasteiger charge is -2.58. The fraction of sp³-hybridized carbons (Fsp3) is 0.269. The lowest BCUT2D eigenvalue weighted by Crippen LogP contribution is -2.63. The standard InChI is InChI=1S/C26H25ClN6O/c1-3-18(34)32-12-26(13-32)10-16(11-26)33-25-21(23(31-33)15-7-5-4-6-8-15)20-19(24(29)30-25)17(28)9-14(2)22(20)27/h3-9,16H,1,10-13,28H2,2H3,(H2,29,30). The molecule has 6 rings (SSSR count). The highest BCUT2D eigenvalue weighted by Gasteiger charge is 2.54. The van der Waals surface area contributed by atoms with Crippen LogP contribution in [-0.2, 0) is 4.79 Å². The molecule has 2 aromatic heterocycles. The number of rotatable bonds is 3. The molecular weight excluding hydrogens is 448 g/mol. The number of nitrogen functional groups attached to an aromatic ring is 1. The van der Waals surface area contributed by atoms with Crippen LogP contribution < -0.4 is 11.2 Å². The summed E-state index contributed by atoms with van der Waals surface area (Å²) < 4.78 is 2.02. The Labute approximate surface area is 201 Å². The van der Waals surface area contributed by atoms with Crippen molar-refractivity contribution in [2.75, 3.05) is 18.8 Å². The SMILES string of the molecule is C=CC(=O)N1CC2(CC(n3nc(-c4ccccc4)c4c5c(Cl)c(C)cc(N)c5c(=N)[nH]c43)C2)C1. The number of nitrogens with one attached hydrogen (secondary N) is 2. The van der Waals surface area contributed by atoms with E-state index in [0.717, 1.165) is 59.2 Å². The average molecular weight is 473 g/mol. The summed E-state index contributed by atoms with van der Waals surface area (Å²) in [6.07, 6.45) is 3.24. The van der Waals surface area contributed by atoms with Crippen molar-refractivity contribution in [3.05, 3.63) is 65.1 Å². The van der Waals surface area contributed by atoms with E-state index < -0.39 is 0 Å². The molecule has 0 atom stereocenters. The van der Waals surface area contributed by atoms with Gasteiger partial charge in [0.05, 0.1) is 16.5 Å². The van der Waals surface area contributed by atoms with Gasteiger partial charge in [-0.15, -0.1) is 0 Å². The molecule has 1 amide bonds. The van der Waals surface area contributed by atoms with Gasteiger partial charge >= 0.3 is 0 Å². The van der Waals surface area contributed by atoms with E-state index in [4.69, 9.17) is 27.8 Å². The number of anilines is 1. The summed E-state index contributed by atoms with van der Waals surface area (Å²) >= 11 is 6.85. The van der Waals surface area contributed by atoms with Crippen molar-refractivity contribution in [3.63, 3.8) is 0 Å². The van der Waals surface area contributed by atoms with Gasteiger partial charge < -0.3 is 15.6 Å². The summed E-state index contributed by atoms with van der Waals surface area (Å²) in [6.45, 7) is 7.04. The van der Waals surface area contributed by atoms with Crippen LogP contribution in [0.3, 0.4) is 0 Å². The molecule has 34 heavy (non-hydrogen) atoms. The van der Waals surface area contributed by atoms with Gasteiger partial charge in [0, 0.05) is 40.5 Å². The van der Waals surface area contributed by atoms with Gasteiger partial charge in [-0.25, -0.2) is 4.68 Å². The molecule has 8 heteroatoms. The Morgan fingerprint density at radius 2 is 1.97 bits per heavy atom. The van der Waals surface area contributed by atoms with Gasteiger partial charge in [-0.2, -0.15) is 5.10 Å². The molecule has 4 N–H and O–H groups in total. The van der Waals surface area contributed by atoms with Crippen LogP contribution in [-0.4, -0.2) is 38.7 Å². The molecule has 1 aliphatic heterocycles. The zero-order valence-electron chi connectivity index (χ0n) is 18.9. The van der Waals surface area contributed by atoms with Gasteiger partial charge in [-0.05, 0) is 37.5 Å². The van der Waals surface area contributed by atoms with Crippen LogP contribution in [0.2, 0.25) is 5.02 Å². The number of halogens is 1. The van der Waals surface area contributed by atoms with Crippen LogP contribution in [0.15, 0.2) is 49.1 Å². The topological polar surface area (TPSA) is 104 Å². The van der Waals surface area contributed by atoms with Crippen LogP contribution in [0.5, 0.6) is 0 Å². The van der Waals surface area contributed by atoms with Gasteiger partial charge in [0.15, 0.2) is 0 Å². The smallest absolute Gasteiger partial charge is 0.245 e. The molecule has 2 aliphatic rings. The maximum Gasteiger partial charge on any atom is 0.245 e. The molecule has 1 saturated carbocycles. The first-order valence-electron chi connectivity index (χ1n) is 11.4. The summed E-state index contributed by atoms with van der Waals surface area (Å²) in [5, 5.41) is 16.6. The second-order valence-corrected chi connectivity index (χ2v) is 10.1. The maximum absolute atomic E-state index is 11.9. The number of hydrogen-bond donors (Lipinski definition) is 3. The quantitative estimate of drug-likeness (QED) is 0.301. The van der Waals surface area contributed by atoms with Gasteiger partial charge in [-0.1, -0.05) is 48.5 Å². The lowest BCUT2D eigenvalue weighted by atomic mass is 9.60. The molecule has 2 fully saturated rings. The fourth-order valence-corrected chi connectivity index (χ4v) is 6.02. The van der Waals surface area contributed by atoms with E-state index in [1.165, 1.54) is 6.08 Å². The number of fused-ring (bicyclic) bond motifs is 3. The molecule has 7 nitrogen and oxygen atoms in total. The second-order valence-electron chi connectivity index (χ2n) is 9.69. The summed E-state index contributed by atoms with van der Waals surface area (Å²) in [5.41, 5.74) is 10.7. The van der Waals surface area contributed by atoms with E-state index in [1.807, 2.05) is 52.9 Å². The lowest BCUT2D eigenvalue weighted by molar-refractivity contribution is -0.148. The number of nitrogens with zero attached hydrogens (tertiary/aromatic N) is 3. The predicted octanol–water partition coefficient (Wildman–Crippen LogP) is 4.56. The predicted molar refractivity (Wildman–Crippen MR) is 135 cm³/mol. The number of benzene rings is 2. The van der Waals surface area contributed by atoms with E-state index in [-0.39, 0.29) is 22.9 Å². The van der Waals surface area contributed by atoms with Crippen LogP contribution >= 0.6 is 11.6 Å². The molecule has 1 saturated heterocycles. The molecule has 4 aromatic rings. The highest BCUT2D eigenvalue weighted by molar-refractivity contribution is 6.39. The molecule has 3 heterocycles. The highest BCUT2D eigenvalue weighted by atomic mass is 35.5. The number of carbonyl (C=O) groups excluding carboxylic acids is 1. The van der Waals surface area contributed by atoms with Crippen molar-refractivity contribution in [2.45, 2.75) is 25.8 Å². The van der Waals surface area contributed by atoms with E-state index in [1.54, 1.807) is 0 Å². The van der Waals surface area contributed by atoms with E-state index in [0.29, 0.717) is 16.1 Å². The number of pyridine rings is 1. The van der Waals surface area contributed by atoms with E-state index in [2.05, 4.69) is 11.6 Å². The average Bonchev–Trinajstić information content (AvgIpc) is 3.14. The monoisotopic (exact) mass is 472 g/mol. The molecule has 172 valence electrons. The highest BCUT2D eigenvalue weighted by Crippen LogP contribution is 2.55. The Morgan fingerprint density at radius 1 is 1.26 bits per heavy atom. The molecule has 0 bridgehead atoms. The zero-order valence-corrected chi connectivity index (χ0v) is 19.6. The number of amides is 1. The minimum absolute atomic E-state index is 0.00812. The first kappa shape index (κ1) is 21.0. The first-order valence-corrected chi connectivity index (χ1v) is 11.7. The minimum Gasteiger partial charge on any atom is -0.398 e. The van der Waals surface area contributed by atoms with Crippen molar-refractivity contribution in [3.8, 4) is 11.3 Å². The normalized spacial score (nSPS) is 17.2. The van der Waals surface area contributed by atoms with Crippen LogP contribution in [0.25, 0.3) is 33.1 Å². The Kier molecular flexibility index (Phi) is 4.45. The summed E-state index contributed by atoms with van der Waals surface area (Å²) in [6, 6.07) is 12.0. The summed E-state index contributed by atoms with van der Waals surface area (Å²) in [7, 11) is 0. The Balaban J connectivity index is 1.53. The Hall–Kier alpha value is -3.58. The van der Waals surface area contributed by atoms with Gasteiger partial charge in [-0.3, -0.25) is 10.2 Å². The van der Waals surface area contributed by atoms with E-state index in [9.17, 15) is 4.79 Å². The van der Waals surface area contributed by atoms with Crippen molar-refractivity contribution in [1.82, 2.24) is 19.7 Å². The minimum atomic E-state index is -0.00812. The summed E-state index contributed by atoms with van der Waals surface area (Å²) in [4.78, 5) is 17.0. The molecule has 1 spiro atoms. The van der Waals surface area contributed by atoms with Crippen LogP contribution in [0.4, 0.5) is 5.69 Å². The van der Waals surface area contributed by atoms with Crippen molar-refractivity contribution >= 4 is 45.0 Å². The van der Waals surface area contributed by atoms with Gasteiger partial charge in [0.2, 0.25) is 5.91 Å². The number of aromatic amines is 1. The van der Waals surface area contributed by atoms with Gasteiger partial charge in [0.1, 0.15) is 16.8 Å². The van der Waals surface area contributed by atoms with Crippen molar-refractivity contribution in [2.24, 2.45) is 5.41 Å². The number of aromatic nitrogens is 3. The molecule has 2 aromatic carbocycles. The van der Waals surface area contributed by atoms with Gasteiger partial charge in [0.25, 0.3) is 0 Å². The molecule has 0 unspecified atom stereocenters. The maximum atomic E-state index is 11.9. The number of H-pyrrole nitrogens is 1. The third-order valence-corrected chi connectivity index (χ3v) is 7.89.